The number of nitrogens with zero attached hydrogens (tertiary/aromatic N) is 3. The van der Waals surface area contributed by atoms with Crippen LogP contribution in [0.5, 0.6) is 17.2 Å². The minimum Gasteiger partial charge on any atom is -0.498 e. The number of hydrogen-bond acceptors (Lipinski definition) is 7. The Morgan fingerprint density at radius 3 is 2.43 bits per heavy atom. The van der Waals surface area contributed by atoms with Crippen molar-refractivity contribution in [1.29, 1.82) is 0 Å². The van der Waals surface area contributed by atoms with Gasteiger partial charge in [0.1, 0.15) is 12.4 Å². The van der Waals surface area contributed by atoms with Crippen molar-refractivity contribution in [2.24, 2.45) is 0 Å². The van der Waals surface area contributed by atoms with E-state index in [2.05, 4.69) is 27.6 Å². The van der Waals surface area contributed by atoms with Crippen molar-refractivity contribution in [2.45, 2.75) is 25.8 Å². The van der Waals surface area contributed by atoms with Gasteiger partial charge in [0.15, 0.2) is 11.5 Å². The Morgan fingerprint density at radius 2 is 1.83 bits per heavy atom. The summed E-state index contributed by atoms with van der Waals surface area (Å²) >= 11 is 0. The van der Waals surface area contributed by atoms with Crippen LogP contribution >= 0.6 is 0 Å². The Kier molecular flexibility index (Phi) is 5.65. The molecule has 4 rings (SSSR count). The summed E-state index contributed by atoms with van der Waals surface area (Å²) < 4.78 is 24.0. The standard InChI is InChI=1S/C22H26N4O4/c1-5-30-16-8-6-14(7-9-16)17-12-18(26-22(25-17)23-13-24-26)15-10-19(27-2)21(29-4)20(11-15)28-3/h6,8,10-13,18H,5,7,9H2,1-4H3,(H,23,24,25). The third-order valence-electron chi connectivity index (χ3n) is 5.22. The third-order valence-corrected chi connectivity index (χ3v) is 5.22. The molecule has 1 aliphatic heterocycles. The summed E-state index contributed by atoms with van der Waals surface area (Å²) in [5, 5.41) is 7.82. The Balaban J connectivity index is 1.76. The summed E-state index contributed by atoms with van der Waals surface area (Å²) in [4.78, 5) is 4.39. The Bertz CT molecular complexity index is 997. The van der Waals surface area contributed by atoms with E-state index in [0.717, 1.165) is 29.9 Å². The molecule has 1 unspecified atom stereocenters. The van der Waals surface area contributed by atoms with Gasteiger partial charge in [0.05, 0.1) is 33.7 Å². The second-order valence-corrected chi connectivity index (χ2v) is 6.89. The quantitative estimate of drug-likeness (QED) is 0.743. The number of benzene rings is 1. The largest absolute Gasteiger partial charge is 0.498 e. The number of aromatic nitrogens is 3. The van der Waals surface area contributed by atoms with Gasteiger partial charge in [-0.15, -0.1) is 0 Å². The van der Waals surface area contributed by atoms with Crippen LogP contribution in [0.4, 0.5) is 5.95 Å². The van der Waals surface area contributed by atoms with Gasteiger partial charge < -0.3 is 24.3 Å². The molecule has 1 aromatic heterocycles. The van der Waals surface area contributed by atoms with Crippen LogP contribution in [0.1, 0.15) is 31.4 Å². The minimum atomic E-state index is -0.175. The smallest absolute Gasteiger partial charge is 0.226 e. The third kappa shape index (κ3) is 3.60. The number of rotatable bonds is 7. The van der Waals surface area contributed by atoms with Gasteiger partial charge in [0.2, 0.25) is 11.7 Å². The molecule has 0 amide bonds. The monoisotopic (exact) mass is 410 g/mol. The van der Waals surface area contributed by atoms with Gasteiger partial charge in [-0.2, -0.15) is 10.1 Å². The molecule has 8 nitrogen and oxygen atoms in total. The molecule has 1 atom stereocenters. The van der Waals surface area contributed by atoms with E-state index in [-0.39, 0.29) is 6.04 Å². The first-order chi connectivity index (χ1) is 14.7. The Labute approximate surface area is 175 Å². The van der Waals surface area contributed by atoms with Gasteiger partial charge in [-0.3, -0.25) is 0 Å². The van der Waals surface area contributed by atoms with Gasteiger partial charge >= 0.3 is 0 Å². The van der Waals surface area contributed by atoms with Crippen molar-refractivity contribution in [2.75, 3.05) is 33.3 Å². The molecule has 0 saturated carbocycles. The van der Waals surface area contributed by atoms with E-state index in [9.17, 15) is 0 Å². The van der Waals surface area contributed by atoms with Crippen molar-refractivity contribution >= 4 is 5.95 Å². The van der Waals surface area contributed by atoms with Crippen LogP contribution in [0, 0.1) is 0 Å². The molecule has 0 fully saturated rings. The minimum absolute atomic E-state index is 0.175. The van der Waals surface area contributed by atoms with E-state index >= 15 is 0 Å². The first-order valence-corrected chi connectivity index (χ1v) is 9.89. The summed E-state index contributed by atoms with van der Waals surface area (Å²) in [5.41, 5.74) is 3.17. The second kappa shape index (κ2) is 8.52. The molecule has 2 aromatic rings. The zero-order valence-electron chi connectivity index (χ0n) is 17.6. The van der Waals surface area contributed by atoms with Gasteiger partial charge in [0.25, 0.3) is 0 Å². The van der Waals surface area contributed by atoms with E-state index in [1.165, 1.54) is 5.57 Å². The number of ether oxygens (including phenoxy) is 4. The summed E-state index contributed by atoms with van der Waals surface area (Å²) in [6.45, 7) is 2.68. The lowest BCUT2D eigenvalue weighted by Gasteiger charge is -2.27. The molecule has 2 heterocycles. The fourth-order valence-electron chi connectivity index (χ4n) is 3.78. The SMILES string of the molecule is CCOC1=CC=C(C2=CC(c3cc(OC)c(OC)c(OC)c3)n3ncnc3N2)CC1. The van der Waals surface area contributed by atoms with Crippen molar-refractivity contribution in [3.8, 4) is 17.2 Å². The van der Waals surface area contributed by atoms with Gasteiger partial charge in [-0.25, -0.2) is 4.68 Å². The van der Waals surface area contributed by atoms with Crippen LogP contribution in [0.2, 0.25) is 0 Å². The maximum atomic E-state index is 5.64. The van der Waals surface area contributed by atoms with Crippen molar-refractivity contribution in [3.05, 3.63) is 59.3 Å². The highest BCUT2D eigenvalue weighted by Crippen LogP contribution is 2.42. The molecule has 1 aromatic carbocycles. The van der Waals surface area contributed by atoms with Crippen molar-refractivity contribution in [1.82, 2.24) is 14.8 Å². The first kappa shape index (κ1) is 19.9. The summed E-state index contributed by atoms with van der Waals surface area (Å²) in [7, 11) is 4.82. The number of anilines is 1. The molecular weight excluding hydrogens is 384 g/mol. The maximum Gasteiger partial charge on any atom is 0.226 e. The molecule has 0 bridgehead atoms. The molecule has 0 saturated heterocycles. The van der Waals surface area contributed by atoms with Crippen molar-refractivity contribution in [3.63, 3.8) is 0 Å². The first-order valence-electron chi connectivity index (χ1n) is 9.89. The van der Waals surface area contributed by atoms with E-state index < -0.39 is 0 Å². The number of allylic oxidation sites excluding steroid dienone is 5. The Morgan fingerprint density at radius 1 is 1.07 bits per heavy atom. The lowest BCUT2D eigenvalue weighted by molar-refractivity contribution is 0.217. The van der Waals surface area contributed by atoms with Crippen LogP contribution in [0.15, 0.2) is 53.7 Å². The van der Waals surface area contributed by atoms with E-state index in [1.54, 1.807) is 27.7 Å². The molecule has 1 aliphatic carbocycles. The molecule has 0 radical (unpaired) electrons. The summed E-state index contributed by atoms with van der Waals surface area (Å²) in [6.07, 6.45) is 9.60. The average Bonchev–Trinajstić information content (AvgIpc) is 3.27. The molecule has 30 heavy (non-hydrogen) atoms. The number of hydrogen-bond donors (Lipinski definition) is 1. The van der Waals surface area contributed by atoms with Crippen LogP contribution < -0.4 is 19.5 Å². The zero-order valence-corrected chi connectivity index (χ0v) is 17.6. The van der Waals surface area contributed by atoms with Gasteiger partial charge in [-0.05, 0) is 48.8 Å². The zero-order chi connectivity index (χ0) is 21.1. The summed E-state index contributed by atoms with van der Waals surface area (Å²) in [5.74, 6) is 3.46. The van der Waals surface area contributed by atoms with Crippen molar-refractivity contribution < 1.29 is 18.9 Å². The van der Waals surface area contributed by atoms with Crippen LogP contribution in [-0.2, 0) is 4.74 Å². The molecule has 1 N–H and O–H groups in total. The van der Waals surface area contributed by atoms with E-state index in [1.807, 2.05) is 29.8 Å². The van der Waals surface area contributed by atoms with Crippen LogP contribution in [-0.4, -0.2) is 42.7 Å². The second-order valence-electron chi connectivity index (χ2n) is 6.89. The topological polar surface area (TPSA) is 79.7 Å². The highest BCUT2D eigenvalue weighted by Gasteiger charge is 2.27. The normalized spacial score (nSPS) is 17.7. The number of methoxy groups -OCH3 is 3. The number of nitrogens with one attached hydrogen (secondary N) is 1. The maximum absolute atomic E-state index is 5.64. The van der Waals surface area contributed by atoms with E-state index in [0.29, 0.717) is 29.8 Å². The molecule has 2 aliphatic rings. The lowest BCUT2D eigenvalue weighted by Crippen LogP contribution is -2.22. The predicted molar refractivity (Wildman–Crippen MR) is 113 cm³/mol. The fraction of sp³-hybridized carbons (Fsp3) is 0.364. The fourth-order valence-corrected chi connectivity index (χ4v) is 3.78. The van der Waals surface area contributed by atoms with Gasteiger partial charge in [0, 0.05) is 12.1 Å². The molecular formula is C22H26N4O4. The predicted octanol–water partition coefficient (Wildman–Crippen LogP) is 3.84. The molecule has 8 heteroatoms. The van der Waals surface area contributed by atoms with Crippen LogP contribution in [0.3, 0.4) is 0 Å². The Hall–Kier alpha value is -3.42. The average molecular weight is 410 g/mol. The van der Waals surface area contributed by atoms with E-state index in [4.69, 9.17) is 18.9 Å². The molecule has 158 valence electrons. The van der Waals surface area contributed by atoms with Gasteiger partial charge in [-0.1, -0.05) is 6.08 Å². The number of fused-ring (bicyclic) bond motifs is 1. The lowest BCUT2D eigenvalue weighted by atomic mass is 9.96. The highest BCUT2D eigenvalue weighted by molar-refractivity contribution is 5.57. The molecule has 0 spiro atoms. The highest BCUT2D eigenvalue weighted by atomic mass is 16.5. The van der Waals surface area contributed by atoms with Crippen LogP contribution in [0.25, 0.3) is 0 Å². The summed E-state index contributed by atoms with van der Waals surface area (Å²) in [6, 6.07) is 3.71.